The summed E-state index contributed by atoms with van der Waals surface area (Å²) >= 11 is 0. The van der Waals surface area contributed by atoms with E-state index in [4.69, 9.17) is 0 Å². The van der Waals surface area contributed by atoms with E-state index < -0.39 is 0 Å². The Balaban J connectivity index is 1.79. The minimum atomic E-state index is 0.937. The Morgan fingerprint density at radius 2 is 1.67 bits per heavy atom. The van der Waals surface area contributed by atoms with Crippen molar-refractivity contribution in [3.05, 3.63) is 0 Å². The molecule has 0 bridgehead atoms. The van der Waals surface area contributed by atoms with E-state index in [2.05, 4.69) is 18.7 Å². The highest BCUT2D eigenvalue weighted by Gasteiger charge is 2.28. The molecule has 1 nitrogen and oxygen atoms in total. The third kappa shape index (κ3) is 2.22. The minimum absolute atomic E-state index is 0.937. The van der Waals surface area contributed by atoms with Gasteiger partial charge in [-0.15, -0.1) is 0 Å². The van der Waals surface area contributed by atoms with Gasteiger partial charge in [-0.25, -0.2) is 0 Å². The molecule has 0 aromatic heterocycles. The van der Waals surface area contributed by atoms with Gasteiger partial charge in [0.15, 0.2) is 0 Å². The Labute approximate surface area is 76.1 Å². The smallest absolute Gasteiger partial charge is 0.000989 e. The van der Waals surface area contributed by atoms with Gasteiger partial charge in [-0.3, -0.25) is 0 Å². The quantitative estimate of drug-likeness (QED) is 0.610. The van der Waals surface area contributed by atoms with Gasteiger partial charge >= 0.3 is 0 Å². The Bertz CT molecular complexity index is 138. The van der Waals surface area contributed by atoms with Crippen LogP contribution in [0.1, 0.15) is 33.1 Å². The minimum Gasteiger partial charge on any atom is -0.303 e. The molecule has 0 radical (unpaired) electrons. The van der Waals surface area contributed by atoms with E-state index in [9.17, 15) is 0 Å². The first-order valence-corrected chi connectivity index (χ1v) is 5.46. The molecule has 1 aliphatic heterocycles. The van der Waals surface area contributed by atoms with Gasteiger partial charge in [0.05, 0.1) is 0 Å². The van der Waals surface area contributed by atoms with Gasteiger partial charge in [-0.2, -0.15) is 0 Å². The lowest BCUT2D eigenvalue weighted by Crippen LogP contribution is -2.39. The number of rotatable bonds is 2. The maximum atomic E-state index is 2.69. The zero-order valence-electron chi connectivity index (χ0n) is 8.42. The van der Waals surface area contributed by atoms with E-state index in [1.165, 1.54) is 38.9 Å². The molecule has 12 heavy (non-hydrogen) atoms. The molecule has 1 saturated heterocycles. The lowest BCUT2D eigenvalue weighted by atomic mass is 9.92. The predicted octanol–water partition coefficient (Wildman–Crippen LogP) is 2.37. The number of hydrogen-bond donors (Lipinski definition) is 0. The van der Waals surface area contributed by atoms with E-state index in [1.54, 1.807) is 0 Å². The monoisotopic (exact) mass is 167 g/mol. The summed E-state index contributed by atoms with van der Waals surface area (Å²) in [5.74, 6) is 2.95. The van der Waals surface area contributed by atoms with E-state index >= 15 is 0 Å². The molecular formula is C11H21N. The summed E-state index contributed by atoms with van der Waals surface area (Å²) in [6.07, 6.45) is 4.44. The average Bonchev–Trinajstić information content (AvgIpc) is 2.68. The lowest BCUT2D eigenvalue weighted by molar-refractivity contribution is 0.136. The fourth-order valence-corrected chi connectivity index (χ4v) is 2.61. The van der Waals surface area contributed by atoms with Crippen molar-refractivity contribution >= 4 is 0 Å². The number of hydrogen-bond acceptors (Lipinski definition) is 1. The van der Waals surface area contributed by atoms with Crippen molar-refractivity contribution in [2.45, 2.75) is 33.1 Å². The molecule has 1 heterocycles. The van der Waals surface area contributed by atoms with Crippen LogP contribution < -0.4 is 0 Å². The molecule has 70 valence electrons. The van der Waals surface area contributed by atoms with Gasteiger partial charge < -0.3 is 4.90 Å². The molecule has 0 spiro atoms. The van der Waals surface area contributed by atoms with Crippen molar-refractivity contribution in [1.82, 2.24) is 4.90 Å². The Kier molecular flexibility index (Phi) is 2.40. The van der Waals surface area contributed by atoms with E-state index in [1.807, 2.05) is 0 Å². The standard InChI is InChI=1S/C11H21N/c1-9-5-10(2)7-12(6-9)8-11-3-4-11/h9-11H,3-8H2,1-2H3/t9-,10-/m0/s1. The second-order valence-electron chi connectivity index (χ2n) is 5.11. The number of piperidine rings is 1. The lowest BCUT2D eigenvalue weighted by Gasteiger charge is -2.34. The van der Waals surface area contributed by atoms with Crippen LogP contribution in [0.4, 0.5) is 0 Å². The van der Waals surface area contributed by atoms with E-state index in [-0.39, 0.29) is 0 Å². The van der Waals surface area contributed by atoms with Gasteiger partial charge in [-0.1, -0.05) is 13.8 Å². The SMILES string of the molecule is C[C@H]1C[C@H](C)CN(CC2CC2)C1. The molecule has 1 saturated carbocycles. The molecule has 2 fully saturated rings. The Hall–Kier alpha value is -0.0400. The van der Waals surface area contributed by atoms with E-state index in [0.717, 1.165) is 17.8 Å². The average molecular weight is 167 g/mol. The maximum absolute atomic E-state index is 2.69. The summed E-state index contributed by atoms with van der Waals surface area (Å²) in [6, 6.07) is 0. The van der Waals surface area contributed by atoms with Crippen LogP contribution in [-0.2, 0) is 0 Å². The van der Waals surface area contributed by atoms with Crippen molar-refractivity contribution in [2.24, 2.45) is 17.8 Å². The topological polar surface area (TPSA) is 3.24 Å². The van der Waals surface area contributed by atoms with Crippen LogP contribution in [0.3, 0.4) is 0 Å². The first-order chi connectivity index (χ1) is 5.74. The van der Waals surface area contributed by atoms with Gasteiger partial charge in [0.1, 0.15) is 0 Å². The van der Waals surface area contributed by atoms with Crippen molar-refractivity contribution in [1.29, 1.82) is 0 Å². The van der Waals surface area contributed by atoms with Crippen LogP contribution >= 0.6 is 0 Å². The first-order valence-electron chi connectivity index (χ1n) is 5.46. The van der Waals surface area contributed by atoms with Crippen LogP contribution in [0.15, 0.2) is 0 Å². The molecule has 2 rings (SSSR count). The van der Waals surface area contributed by atoms with Gasteiger partial charge in [-0.05, 0) is 37.0 Å². The molecule has 0 aromatic carbocycles. The summed E-state index contributed by atoms with van der Waals surface area (Å²) in [7, 11) is 0. The maximum Gasteiger partial charge on any atom is 0.000989 e. The van der Waals surface area contributed by atoms with Crippen LogP contribution in [0.5, 0.6) is 0 Å². The highest BCUT2D eigenvalue weighted by molar-refractivity contribution is 4.81. The first kappa shape index (κ1) is 8.55. The van der Waals surface area contributed by atoms with Gasteiger partial charge in [0.25, 0.3) is 0 Å². The molecular weight excluding hydrogens is 146 g/mol. The second-order valence-corrected chi connectivity index (χ2v) is 5.11. The number of nitrogens with zero attached hydrogens (tertiary/aromatic N) is 1. The zero-order chi connectivity index (χ0) is 8.55. The fourth-order valence-electron chi connectivity index (χ4n) is 2.61. The highest BCUT2D eigenvalue weighted by Crippen LogP contribution is 2.31. The van der Waals surface area contributed by atoms with Crippen molar-refractivity contribution in [2.75, 3.05) is 19.6 Å². The van der Waals surface area contributed by atoms with E-state index in [0.29, 0.717) is 0 Å². The van der Waals surface area contributed by atoms with Gasteiger partial charge in [0.2, 0.25) is 0 Å². The molecule has 1 aliphatic carbocycles. The number of likely N-dealkylation sites (tertiary alicyclic amines) is 1. The van der Waals surface area contributed by atoms with Crippen LogP contribution in [-0.4, -0.2) is 24.5 Å². The predicted molar refractivity (Wildman–Crippen MR) is 52.1 cm³/mol. The summed E-state index contributed by atoms with van der Waals surface area (Å²) in [6.45, 7) is 8.92. The Morgan fingerprint density at radius 1 is 1.08 bits per heavy atom. The molecule has 1 heteroatoms. The fraction of sp³-hybridized carbons (Fsp3) is 1.00. The normalized spacial score (nSPS) is 38.5. The van der Waals surface area contributed by atoms with Crippen LogP contribution in [0.25, 0.3) is 0 Å². The van der Waals surface area contributed by atoms with Crippen molar-refractivity contribution < 1.29 is 0 Å². The Morgan fingerprint density at radius 3 is 2.17 bits per heavy atom. The third-order valence-corrected chi connectivity index (χ3v) is 3.16. The van der Waals surface area contributed by atoms with Crippen molar-refractivity contribution in [3.8, 4) is 0 Å². The molecule has 0 N–H and O–H groups in total. The molecule has 0 aromatic rings. The largest absolute Gasteiger partial charge is 0.303 e. The summed E-state index contributed by atoms with van der Waals surface area (Å²) in [4.78, 5) is 2.69. The summed E-state index contributed by atoms with van der Waals surface area (Å²) in [5.41, 5.74) is 0. The molecule has 0 amide bonds. The van der Waals surface area contributed by atoms with Crippen molar-refractivity contribution in [3.63, 3.8) is 0 Å². The second kappa shape index (κ2) is 3.37. The van der Waals surface area contributed by atoms with Gasteiger partial charge in [0, 0.05) is 19.6 Å². The third-order valence-electron chi connectivity index (χ3n) is 3.16. The zero-order valence-corrected chi connectivity index (χ0v) is 8.42. The summed E-state index contributed by atoms with van der Waals surface area (Å²) in [5, 5.41) is 0. The summed E-state index contributed by atoms with van der Waals surface area (Å²) < 4.78 is 0. The molecule has 2 atom stereocenters. The molecule has 2 aliphatic rings. The highest BCUT2D eigenvalue weighted by atomic mass is 15.1. The van der Waals surface area contributed by atoms with Crippen LogP contribution in [0.2, 0.25) is 0 Å². The molecule has 0 unspecified atom stereocenters. The van der Waals surface area contributed by atoms with Crippen LogP contribution in [0, 0.1) is 17.8 Å².